The van der Waals surface area contributed by atoms with Gasteiger partial charge in [-0.3, -0.25) is 14.6 Å². The van der Waals surface area contributed by atoms with Gasteiger partial charge in [0.15, 0.2) is 5.82 Å². The normalized spacial score (nSPS) is 25.7. The molecular formula is C35H33F3N8O. The molecule has 9 rings (SSSR count). The summed E-state index contributed by atoms with van der Waals surface area (Å²) in [6, 6.07) is 3.50. The van der Waals surface area contributed by atoms with Crippen LogP contribution in [0.5, 0.6) is 6.01 Å². The van der Waals surface area contributed by atoms with Gasteiger partial charge in [0.25, 0.3) is 0 Å². The number of nitrogens with one attached hydrogen (secondary N) is 1. The predicted octanol–water partition coefficient (Wildman–Crippen LogP) is 4.89. The summed E-state index contributed by atoms with van der Waals surface area (Å²) in [5.74, 6) is 1.81. The number of piperazine rings is 1. The Labute approximate surface area is 269 Å². The zero-order chi connectivity index (χ0) is 32.0. The third-order valence-electron chi connectivity index (χ3n) is 10.7. The van der Waals surface area contributed by atoms with Gasteiger partial charge in [0.2, 0.25) is 0 Å². The number of terminal acetylenes is 1. The Morgan fingerprint density at radius 1 is 1.09 bits per heavy atom. The van der Waals surface area contributed by atoms with Gasteiger partial charge in [-0.2, -0.15) is 15.1 Å². The van der Waals surface area contributed by atoms with Crippen molar-refractivity contribution in [3.05, 3.63) is 47.9 Å². The van der Waals surface area contributed by atoms with Crippen molar-refractivity contribution in [2.75, 3.05) is 37.7 Å². The van der Waals surface area contributed by atoms with Crippen LogP contribution in [0.3, 0.4) is 0 Å². The molecular weight excluding hydrogens is 605 g/mol. The smallest absolute Gasteiger partial charge is 0.319 e. The third kappa shape index (κ3) is 4.39. The summed E-state index contributed by atoms with van der Waals surface area (Å²) < 4.78 is 55.0. The molecule has 0 aliphatic carbocycles. The maximum absolute atomic E-state index is 17.4. The number of benzene rings is 2. The molecule has 2 unspecified atom stereocenters. The third-order valence-corrected chi connectivity index (χ3v) is 10.7. The van der Waals surface area contributed by atoms with E-state index in [-0.39, 0.29) is 29.3 Å². The fourth-order valence-electron chi connectivity index (χ4n) is 8.65. The maximum atomic E-state index is 17.4. The van der Waals surface area contributed by atoms with Crippen molar-refractivity contribution in [2.45, 2.75) is 55.9 Å². The highest BCUT2D eigenvalue weighted by Crippen LogP contribution is 2.45. The summed E-state index contributed by atoms with van der Waals surface area (Å²) in [5, 5.41) is 10.5. The number of rotatable bonds is 5. The number of pyridine rings is 1. The monoisotopic (exact) mass is 638 g/mol. The van der Waals surface area contributed by atoms with Crippen LogP contribution in [0.2, 0.25) is 0 Å². The molecule has 0 radical (unpaired) electrons. The highest BCUT2D eigenvalue weighted by Gasteiger charge is 2.49. The molecule has 4 aliphatic heterocycles. The van der Waals surface area contributed by atoms with Crippen molar-refractivity contribution in [3.8, 4) is 29.5 Å². The van der Waals surface area contributed by atoms with E-state index >= 15 is 8.78 Å². The van der Waals surface area contributed by atoms with E-state index in [0.29, 0.717) is 76.6 Å². The van der Waals surface area contributed by atoms with Crippen LogP contribution >= 0.6 is 0 Å². The van der Waals surface area contributed by atoms with Crippen molar-refractivity contribution in [2.24, 2.45) is 7.05 Å². The predicted molar refractivity (Wildman–Crippen MR) is 173 cm³/mol. The summed E-state index contributed by atoms with van der Waals surface area (Å²) in [7, 11) is 1.77. The van der Waals surface area contributed by atoms with Gasteiger partial charge in [-0.05, 0) is 44.4 Å². The summed E-state index contributed by atoms with van der Waals surface area (Å²) >= 11 is 0. The molecule has 3 aromatic heterocycles. The second-order valence-corrected chi connectivity index (χ2v) is 13.6. The lowest BCUT2D eigenvalue weighted by Crippen LogP contribution is -2.51. The molecule has 9 nitrogen and oxygen atoms in total. The first-order valence-electron chi connectivity index (χ1n) is 16.2. The number of halogens is 3. The first-order chi connectivity index (χ1) is 22.8. The standard InChI is InChI=1S/C35H33F3N8O/c1-3-23-26(37)8-5-19-12-39-13-24(27(19)23)28-30(38)32-29(25-17-44(2)43-31(25)28)33(45-15-21-6-7-22(16-45)40-21)42-34(41-32)47-18-35-9-4-10-46(35)14-20(36)11-35/h1,5,8,12-13,17,20-22,40H,4,6-7,9-11,14-16,18H2,2H3/t20-,21?,22?,35+/m1/s1. The molecule has 240 valence electrons. The van der Waals surface area contributed by atoms with E-state index in [1.165, 1.54) is 12.3 Å². The summed E-state index contributed by atoms with van der Waals surface area (Å²) in [4.78, 5) is 18.4. The first kappa shape index (κ1) is 28.7. The van der Waals surface area contributed by atoms with E-state index in [2.05, 4.69) is 26.0 Å². The second-order valence-electron chi connectivity index (χ2n) is 13.6. The lowest BCUT2D eigenvalue weighted by Gasteiger charge is -2.35. The Kier molecular flexibility index (Phi) is 6.43. The maximum Gasteiger partial charge on any atom is 0.319 e. The average Bonchev–Trinajstić information content (AvgIpc) is 3.81. The molecule has 4 saturated heterocycles. The second kappa shape index (κ2) is 10.5. The van der Waals surface area contributed by atoms with Gasteiger partial charge in [-0.25, -0.2) is 13.2 Å². The van der Waals surface area contributed by atoms with Gasteiger partial charge in [-0.1, -0.05) is 5.92 Å². The van der Waals surface area contributed by atoms with Gasteiger partial charge in [0, 0.05) is 85.5 Å². The van der Waals surface area contributed by atoms with E-state index in [0.717, 1.165) is 32.2 Å². The van der Waals surface area contributed by atoms with E-state index in [4.69, 9.17) is 26.2 Å². The largest absolute Gasteiger partial charge is 0.461 e. The molecule has 47 heavy (non-hydrogen) atoms. The van der Waals surface area contributed by atoms with Crippen LogP contribution in [-0.4, -0.2) is 86.2 Å². The van der Waals surface area contributed by atoms with Crippen molar-refractivity contribution < 1.29 is 17.9 Å². The molecule has 5 aromatic rings. The van der Waals surface area contributed by atoms with Crippen LogP contribution in [0, 0.1) is 24.0 Å². The molecule has 0 saturated carbocycles. The van der Waals surface area contributed by atoms with Gasteiger partial charge >= 0.3 is 6.01 Å². The minimum absolute atomic E-state index is 0.0234. The minimum Gasteiger partial charge on any atom is -0.461 e. The van der Waals surface area contributed by atoms with Crippen LogP contribution in [0.4, 0.5) is 19.0 Å². The Morgan fingerprint density at radius 2 is 1.91 bits per heavy atom. The van der Waals surface area contributed by atoms with E-state index in [1.54, 1.807) is 24.0 Å². The van der Waals surface area contributed by atoms with Gasteiger partial charge in [0.1, 0.15) is 35.4 Å². The van der Waals surface area contributed by atoms with E-state index < -0.39 is 23.3 Å². The van der Waals surface area contributed by atoms with Crippen LogP contribution in [0.15, 0.2) is 30.7 Å². The lowest BCUT2D eigenvalue weighted by molar-refractivity contribution is 0.107. The molecule has 4 aliphatic rings. The Hall–Kier alpha value is -4.47. The van der Waals surface area contributed by atoms with Crippen molar-refractivity contribution in [1.82, 2.24) is 34.9 Å². The number of nitrogens with zero attached hydrogens (tertiary/aromatic N) is 7. The zero-order valence-electron chi connectivity index (χ0n) is 25.9. The number of aryl methyl sites for hydroxylation is 1. The summed E-state index contributed by atoms with van der Waals surface area (Å²) in [6.07, 6.45) is 14.1. The Morgan fingerprint density at radius 3 is 2.72 bits per heavy atom. The molecule has 1 N–H and O–H groups in total. The van der Waals surface area contributed by atoms with Crippen molar-refractivity contribution >= 4 is 38.4 Å². The van der Waals surface area contributed by atoms with E-state index in [9.17, 15) is 4.39 Å². The molecule has 7 heterocycles. The summed E-state index contributed by atoms with van der Waals surface area (Å²) in [6.45, 7) is 2.84. The SMILES string of the molecule is C#Cc1c(F)ccc2cncc(-c3c(F)c4nc(OC[C@@]56CCCN5C[C@H](F)C6)nc(N5CC6CCC(C5)N6)c4c4cn(C)nc34)c12. The number of hydrogen-bond acceptors (Lipinski definition) is 8. The average molecular weight is 639 g/mol. The van der Waals surface area contributed by atoms with Gasteiger partial charge in [-0.15, -0.1) is 6.42 Å². The summed E-state index contributed by atoms with van der Waals surface area (Å²) in [5.41, 5.74) is 0.485. The first-order valence-corrected chi connectivity index (χ1v) is 16.2. The molecule has 0 amide bonds. The quantitative estimate of drug-likeness (QED) is 0.273. The molecule has 4 atom stereocenters. The molecule has 2 aromatic carbocycles. The highest BCUT2D eigenvalue weighted by molar-refractivity contribution is 6.18. The van der Waals surface area contributed by atoms with Gasteiger partial charge < -0.3 is 15.0 Å². The highest BCUT2D eigenvalue weighted by atomic mass is 19.1. The number of anilines is 1. The van der Waals surface area contributed by atoms with Crippen LogP contribution in [-0.2, 0) is 7.05 Å². The molecule has 0 spiro atoms. The Bertz CT molecular complexity index is 2130. The fourth-order valence-corrected chi connectivity index (χ4v) is 8.65. The number of alkyl halides is 1. The van der Waals surface area contributed by atoms with Crippen LogP contribution in [0.25, 0.3) is 43.7 Å². The Balaban J connectivity index is 1.28. The number of fused-ring (bicyclic) bond motifs is 7. The zero-order valence-corrected chi connectivity index (χ0v) is 25.9. The number of ether oxygens (including phenoxy) is 1. The topological polar surface area (TPSA) is 84.2 Å². The molecule has 12 heteroatoms. The fraction of sp³-hybridized carbons (Fsp3) is 0.429. The van der Waals surface area contributed by atoms with Crippen LogP contribution in [0.1, 0.15) is 37.7 Å². The van der Waals surface area contributed by atoms with Gasteiger partial charge in [0.05, 0.1) is 22.1 Å². The van der Waals surface area contributed by atoms with Crippen LogP contribution < -0.4 is 15.0 Å². The number of aromatic nitrogens is 5. The minimum atomic E-state index is -0.908. The molecule has 4 fully saturated rings. The van der Waals surface area contributed by atoms with Crippen molar-refractivity contribution in [3.63, 3.8) is 0 Å². The van der Waals surface area contributed by atoms with E-state index in [1.807, 2.05) is 6.20 Å². The lowest BCUT2D eigenvalue weighted by atomic mass is 9.93. The van der Waals surface area contributed by atoms with Crippen molar-refractivity contribution in [1.29, 1.82) is 0 Å². The molecule has 2 bridgehead atoms. The number of hydrogen-bond donors (Lipinski definition) is 1.